The summed E-state index contributed by atoms with van der Waals surface area (Å²) in [5, 5.41) is 3.08. The van der Waals surface area contributed by atoms with Crippen LogP contribution >= 0.6 is 0 Å². The van der Waals surface area contributed by atoms with E-state index in [9.17, 15) is 9.59 Å². The Morgan fingerprint density at radius 2 is 0.394 bits per heavy atom. The summed E-state index contributed by atoms with van der Waals surface area (Å²) in [6.07, 6.45) is 0. The van der Waals surface area contributed by atoms with Gasteiger partial charge in [-0.3, -0.25) is 0 Å². The summed E-state index contributed by atoms with van der Waals surface area (Å²) in [5.74, 6) is 0.974. The highest BCUT2D eigenvalue weighted by atomic mass is 28.6. The van der Waals surface area contributed by atoms with Crippen LogP contribution in [0.25, 0.3) is 0 Å². The lowest BCUT2D eigenvalue weighted by Gasteiger charge is -2.57. The van der Waals surface area contributed by atoms with Crippen LogP contribution in [0.2, 0.25) is 0 Å². The molecule has 2 heterocycles. The molecule has 0 aliphatic carbocycles. The number of hydrogen-bond donors (Lipinski definition) is 2. The predicted octanol–water partition coefficient (Wildman–Crippen LogP) is 13.9. The fraction of sp³-hybridized carbons (Fsp3) is 0.600. The molecule has 2 bridgehead atoms. The van der Waals surface area contributed by atoms with Crippen molar-refractivity contribution in [2.24, 2.45) is 0 Å². The Hall–Kier alpha value is -2.53. The summed E-state index contributed by atoms with van der Waals surface area (Å²) in [6.45, 7) is 53.3. The van der Waals surface area contributed by atoms with Crippen LogP contribution in [0.1, 0.15) is 304 Å². The van der Waals surface area contributed by atoms with Gasteiger partial charge in [0, 0.05) is 20.7 Å². The molecule has 0 amide bonds. The van der Waals surface area contributed by atoms with E-state index >= 15 is 0 Å². The van der Waals surface area contributed by atoms with E-state index in [1.165, 1.54) is 22.3 Å². The number of fused-ring (bicyclic) bond motifs is 2. The van der Waals surface area contributed by atoms with E-state index in [1.54, 1.807) is 0 Å². The summed E-state index contributed by atoms with van der Waals surface area (Å²) < 4.78 is 39.9. The monoisotopic (exact) mass is 1040 g/mol. The third-order valence-corrected chi connectivity index (χ3v) is 30.8. The van der Waals surface area contributed by atoms with Crippen molar-refractivity contribution in [1.82, 2.24) is 0 Å². The van der Waals surface area contributed by atoms with E-state index in [4.69, 9.17) is 20.6 Å². The van der Waals surface area contributed by atoms with Gasteiger partial charge in [0.15, 0.2) is 0 Å². The van der Waals surface area contributed by atoms with Crippen molar-refractivity contribution < 1.29 is 30.2 Å². The van der Waals surface area contributed by atoms with Crippen molar-refractivity contribution in [3.63, 3.8) is 0 Å². The first-order chi connectivity index (χ1) is 32.7. The maximum Gasteiger partial charge on any atom is 0.520 e. The van der Waals surface area contributed by atoms with E-state index < -0.39 is 35.2 Å². The molecule has 0 saturated carbocycles. The Morgan fingerprint density at radius 3 is 0.535 bits per heavy atom. The lowest BCUT2D eigenvalue weighted by atomic mass is 9.89. The minimum absolute atomic E-state index is 0.00141. The highest BCUT2D eigenvalue weighted by Crippen LogP contribution is 2.46. The first-order valence-electron chi connectivity index (χ1n) is 27.4. The summed E-state index contributed by atoms with van der Waals surface area (Å²) in [4.78, 5) is 29.4. The first-order valence-corrected chi connectivity index (χ1v) is 34.4. The first kappa shape index (κ1) is 57.7. The Balaban J connectivity index is 1.98. The topological polar surface area (TPSA) is 86.6 Å². The van der Waals surface area contributed by atoms with Crippen LogP contribution in [0.3, 0.4) is 0 Å². The van der Waals surface area contributed by atoms with Gasteiger partial charge in [0.25, 0.3) is 0 Å². The molecule has 2 saturated heterocycles. The van der Waals surface area contributed by atoms with E-state index in [2.05, 4.69) is 215 Å². The highest BCUT2D eigenvalue weighted by Gasteiger charge is 2.79. The third-order valence-electron chi connectivity index (χ3n) is 15.1. The lowest BCUT2D eigenvalue weighted by Crippen LogP contribution is -2.91. The molecular weight excluding hydrogens is 945 g/mol. The molecule has 4 aromatic carbocycles. The van der Waals surface area contributed by atoms with E-state index in [0.29, 0.717) is 10.4 Å². The molecule has 392 valence electrons. The zero-order valence-electron chi connectivity index (χ0n) is 48.5. The van der Waals surface area contributed by atoms with Gasteiger partial charge in [0.05, 0.1) is 0 Å². The number of benzene rings is 4. The van der Waals surface area contributed by atoms with Crippen LogP contribution in [-0.4, -0.2) is 44.8 Å². The summed E-state index contributed by atoms with van der Waals surface area (Å²) in [6, 6.07) is 18.3. The third kappa shape index (κ3) is 10.8. The fourth-order valence-electron chi connectivity index (χ4n) is 10.8. The van der Waals surface area contributed by atoms with Crippen LogP contribution in [0, 0.1) is 0 Å². The van der Waals surface area contributed by atoms with Crippen molar-refractivity contribution in [1.29, 1.82) is 0 Å². The molecule has 2 aliphatic heterocycles. The maximum atomic E-state index is 14.7. The van der Waals surface area contributed by atoms with Gasteiger partial charge in [-0.1, -0.05) is 215 Å². The van der Waals surface area contributed by atoms with Crippen molar-refractivity contribution >= 4 is 56.0 Å². The normalized spacial score (nSPS) is 23.1. The van der Waals surface area contributed by atoms with Crippen molar-refractivity contribution in [3.05, 3.63) is 115 Å². The second-order valence-corrected chi connectivity index (χ2v) is 35.6. The number of rotatable bonds is 16. The van der Waals surface area contributed by atoms with Gasteiger partial charge >= 0.3 is 35.2 Å². The molecule has 0 radical (unpaired) electrons. The zero-order valence-corrected chi connectivity index (χ0v) is 52.5. The second-order valence-electron chi connectivity index (χ2n) is 24.9. The smallest absolute Gasteiger partial charge is 0.387 e. The van der Waals surface area contributed by atoms with Crippen molar-refractivity contribution in [2.45, 2.75) is 237 Å². The average molecular weight is 1040 g/mol. The van der Waals surface area contributed by atoms with E-state index in [0.717, 1.165) is 54.9 Å². The van der Waals surface area contributed by atoms with Gasteiger partial charge < -0.3 is 30.2 Å². The molecule has 0 aromatic heterocycles. The van der Waals surface area contributed by atoms with Crippen LogP contribution < -0.4 is 20.7 Å². The molecule has 6 rings (SSSR count). The largest absolute Gasteiger partial charge is 0.520 e. The molecule has 0 atom stereocenters. The molecular formula is C60H94O7Si4. The SMILES string of the molecule is CC(C)c1cc(C(C)C)c([Si]2(O)O[Si]3(c4c(C(C)C)cc(C(C)C)cc4C(C)C)O[Si](O)(c4c(C(C)C)cc(C(C)C)cc4C(C)C)O[Si](c4c(C(C)C)cc(C(C)C)cc4C(C)C)(O2)O3)c(C(C)C)c1. The quantitative estimate of drug-likeness (QED) is 0.108. The fourth-order valence-corrected chi connectivity index (χ4v) is 32.3. The van der Waals surface area contributed by atoms with Gasteiger partial charge in [-0.2, -0.15) is 0 Å². The molecule has 71 heavy (non-hydrogen) atoms. The molecule has 2 fully saturated rings. The van der Waals surface area contributed by atoms with Crippen LogP contribution in [-0.2, 0) is 20.6 Å². The lowest BCUT2D eigenvalue weighted by molar-refractivity contribution is 0.0404. The second kappa shape index (κ2) is 21.2. The van der Waals surface area contributed by atoms with E-state index in [-0.39, 0.29) is 71.0 Å². The Bertz CT molecular complexity index is 2250. The molecule has 2 aliphatic rings. The molecule has 11 heteroatoms. The Morgan fingerprint density at radius 1 is 0.239 bits per heavy atom. The van der Waals surface area contributed by atoms with E-state index in [1.807, 2.05) is 0 Å². The minimum Gasteiger partial charge on any atom is -0.387 e. The summed E-state index contributed by atoms with van der Waals surface area (Å²) in [7, 11) is -19.0. The van der Waals surface area contributed by atoms with Gasteiger partial charge in [0.1, 0.15) is 0 Å². The Kier molecular flexibility index (Phi) is 17.3. The summed E-state index contributed by atoms with van der Waals surface area (Å²) in [5.41, 5.74) is 13.0. The van der Waals surface area contributed by atoms with Gasteiger partial charge in [0.2, 0.25) is 0 Å². The molecule has 7 nitrogen and oxygen atoms in total. The van der Waals surface area contributed by atoms with Crippen LogP contribution in [0.5, 0.6) is 0 Å². The molecule has 0 unspecified atom stereocenters. The highest BCUT2D eigenvalue weighted by molar-refractivity contribution is 7.08. The van der Waals surface area contributed by atoms with Gasteiger partial charge in [-0.25, -0.2) is 0 Å². The summed E-state index contributed by atoms with van der Waals surface area (Å²) >= 11 is 0. The van der Waals surface area contributed by atoms with Crippen LogP contribution in [0.4, 0.5) is 0 Å². The Labute approximate surface area is 436 Å². The number of hydrogen-bond acceptors (Lipinski definition) is 7. The van der Waals surface area contributed by atoms with Crippen molar-refractivity contribution in [2.75, 3.05) is 0 Å². The van der Waals surface area contributed by atoms with Crippen molar-refractivity contribution in [3.8, 4) is 0 Å². The van der Waals surface area contributed by atoms with Gasteiger partial charge in [-0.15, -0.1) is 0 Å². The average Bonchev–Trinajstić information content (AvgIpc) is 3.26. The van der Waals surface area contributed by atoms with Gasteiger partial charge in [-0.05, 0) is 138 Å². The minimum atomic E-state index is -4.79. The standard InChI is InChI=1S/C60H94O7Si4/c1-33(2)45-25-49(37(9)10)57(50(26-45)38(11)12)68(61)63-70(59-53(41(17)18)29-47(35(5)6)30-54(59)42(19)20)65-69(62,58-51(39(13)14)27-46(34(3)4)28-52(58)40(15)16)66-71(64-68,67-70)60-55(43(21)22)31-48(36(7)8)32-56(60)44(23)24/h25-44,61-62H,1-24H3. The maximum absolute atomic E-state index is 14.7. The predicted molar refractivity (Wildman–Crippen MR) is 306 cm³/mol. The van der Waals surface area contributed by atoms with Crippen LogP contribution in [0.15, 0.2) is 48.5 Å². The molecule has 2 N–H and O–H groups in total. The zero-order chi connectivity index (χ0) is 53.4. The molecule has 0 spiro atoms. The molecule has 4 aromatic rings.